The monoisotopic (exact) mass is 422 g/mol. The van der Waals surface area contributed by atoms with Gasteiger partial charge >= 0.3 is 0 Å². The quantitative estimate of drug-likeness (QED) is 0.686. The van der Waals surface area contributed by atoms with Crippen LogP contribution in [0.1, 0.15) is 42.8 Å². The molecule has 0 radical (unpaired) electrons. The summed E-state index contributed by atoms with van der Waals surface area (Å²) >= 11 is 0. The first-order valence-electron chi connectivity index (χ1n) is 10.9. The van der Waals surface area contributed by atoms with E-state index in [0.717, 1.165) is 47.8 Å². The third-order valence-electron chi connectivity index (χ3n) is 5.72. The first-order valence-corrected chi connectivity index (χ1v) is 10.9. The van der Waals surface area contributed by atoms with Crippen LogP contribution in [0.4, 0.5) is 0 Å². The lowest BCUT2D eigenvalue weighted by Gasteiger charge is -2.33. The number of carbonyl (C=O) groups excluding carboxylic acids is 1. The maximum atomic E-state index is 12.7. The fourth-order valence-electron chi connectivity index (χ4n) is 4.00. The number of morpholine rings is 1. The molecule has 0 N–H and O–H groups in total. The number of aromatic nitrogens is 1. The van der Waals surface area contributed by atoms with E-state index < -0.39 is 0 Å². The Morgan fingerprint density at radius 1 is 1.23 bits per heavy atom. The molecule has 0 saturated carbocycles. The van der Waals surface area contributed by atoms with Gasteiger partial charge in [0.1, 0.15) is 11.9 Å². The summed E-state index contributed by atoms with van der Waals surface area (Å²) in [6.45, 7) is 5.31. The highest BCUT2D eigenvalue weighted by molar-refractivity contribution is 5.83. The molecule has 2 aromatic rings. The zero-order valence-corrected chi connectivity index (χ0v) is 18.3. The second kappa shape index (κ2) is 9.92. The number of amides is 1. The summed E-state index contributed by atoms with van der Waals surface area (Å²) in [7, 11) is 1.67. The minimum Gasteiger partial charge on any atom is -0.497 e. The van der Waals surface area contributed by atoms with Gasteiger partial charge in [-0.05, 0) is 36.8 Å². The Morgan fingerprint density at radius 3 is 2.90 bits per heavy atom. The second-order valence-electron chi connectivity index (χ2n) is 8.07. The van der Waals surface area contributed by atoms with Gasteiger partial charge in [-0.3, -0.25) is 14.8 Å². The highest BCUT2D eigenvalue weighted by Gasteiger charge is 2.26. The Balaban J connectivity index is 1.36. The summed E-state index contributed by atoms with van der Waals surface area (Å²) < 4.78 is 11.3. The highest BCUT2D eigenvalue weighted by atomic mass is 16.5. The van der Waals surface area contributed by atoms with E-state index in [9.17, 15) is 4.79 Å². The Bertz CT molecular complexity index is 946. The topological polar surface area (TPSA) is 67.3 Å². The average molecular weight is 423 g/mol. The van der Waals surface area contributed by atoms with E-state index >= 15 is 0 Å². The molecule has 1 aromatic heterocycles. The molecule has 3 heterocycles. The van der Waals surface area contributed by atoms with Gasteiger partial charge in [0.25, 0.3) is 0 Å². The van der Waals surface area contributed by atoms with Gasteiger partial charge in [-0.15, -0.1) is 0 Å². The smallest absolute Gasteiger partial charge is 0.224 e. The van der Waals surface area contributed by atoms with E-state index in [1.54, 1.807) is 7.11 Å². The van der Waals surface area contributed by atoms with Crippen molar-refractivity contribution in [3.63, 3.8) is 0 Å². The van der Waals surface area contributed by atoms with Crippen molar-refractivity contribution < 1.29 is 14.3 Å². The largest absolute Gasteiger partial charge is 0.497 e. The summed E-state index contributed by atoms with van der Waals surface area (Å²) in [5, 5.41) is 6.45. The summed E-state index contributed by atoms with van der Waals surface area (Å²) in [6.07, 6.45) is 1.99. The number of ether oxygens (including phenoxy) is 2. The highest BCUT2D eigenvalue weighted by Crippen LogP contribution is 2.23. The van der Waals surface area contributed by atoms with Crippen LogP contribution in [0.3, 0.4) is 0 Å². The molecule has 1 fully saturated rings. The molecule has 164 valence electrons. The molecule has 7 nitrogen and oxygen atoms in total. The summed E-state index contributed by atoms with van der Waals surface area (Å²) in [4.78, 5) is 19.5. The Hall–Kier alpha value is -2.93. The van der Waals surface area contributed by atoms with Crippen LogP contribution < -0.4 is 4.74 Å². The number of pyridine rings is 1. The Labute approximate surface area is 183 Å². The third kappa shape index (κ3) is 5.61. The van der Waals surface area contributed by atoms with Crippen molar-refractivity contribution in [2.24, 2.45) is 5.10 Å². The van der Waals surface area contributed by atoms with Crippen LogP contribution in [0.2, 0.25) is 0 Å². The minimum atomic E-state index is -0.199. The number of methoxy groups -OCH3 is 1. The number of carbonyl (C=O) groups is 1. The first kappa shape index (κ1) is 21.3. The second-order valence-corrected chi connectivity index (χ2v) is 8.07. The molecule has 2 aliphatic rings. The van der Waals surface area contributed by atoms with Gasteiger partial charge in [-0.1, -0.05) is 18.2 Å². The van der Waals surface area contributed by atoms with Gasteiger partial charge in [0.2, 0.25) is 5.91 Å². The normalized spacial score (nSPS) is 18.8. The van der Waals surface area contributed by atoms with Crippen molar-refractivity contribution >= 4 is 11.6 Å². The molecule has 31 heavy (non-hydrogen) atoms. The molecular weight excluding hydrogens is 392 g/mol. The molecular formula is C24H30N4O3. The van der Waals surface area contributed by atoms with Crippen LogP contribution in [0, 0.1) is 0 Å². The molecule has 0 bridgehead atoms. The van der Waals surface area contributed by atoms with Crippen molar-refractivity contribution in [2.45, 2.75) is 32.3 Å². The molecule has 1 amide bonds. The molecule has 1 atom stereocenters. The van der Waals surface area contributed by atoms with Crippen LogP contribution in [0.25, 0.3) is 0 Å². The van der Waals surface area contributed by atoms with E-state index in [2.05, 4.69) is 11.2 Å². The fraction of sp³-hybridized carbons (Fsp3) is 0.458. The standard InChI is InChI=1S/C24H30N4O3/c1-18-9-11-28(26-18)12-10-24(29)27-13-14-31-23(17-27)22-8-4-6-20(25-22)15-19-5-3-7-21(16-19)30-2/h3-8,16,23H,9-15,17H2,1-2H3. The van der Waals surface area contributed by atoms with Crippen molar-refractivity contribution in [1.29, 1.82) is 0 Å². The third-order valence-corrected chi connectivity index (χ3v) is 5.72. The van der Waals surface area contributed by atoms with E-state index in [0.29, 0.717) is 32.7 Å². The number of hydrogen-bond acceptors (Lipinski definition) is 6. The Morgan fingerprint density at radius 2 is 2.10 bits per heavy atom. The summed E-state index contributed by atoms with van der Waals surface area (Å²) in [5.41, 5.74) is 4.13. The maximum Gasteiger partial charge on any atom is 0.224 e. The van der Waals surface area contributed by atoms with E-state index in [1.165, 1.54) is 0 Å². The van der Waals surface area contributed by atoms with E-state index in [1.807, 2.05) is 53.2 Å². The van der Waals surface area contributed by atoms with Crippen molar-refractivity contribution in [1.82, 2.24) is 14.9 Å². The Kier molecular flexibility index (Phi) is 6.82. The van der Waals surface area contributed by atoms with Gasteiger partial charge in [0.05, 0.1) is 26.0 Å². The molecule has 2 aliphatic heterocycles. The van der Waals surface area contributed by atoms with Crippen LogP contribution in [0.15, 0.2) is 47.6 Å². The predicted molar refractivity (Wildman–Crippen MR) is 119 cm³/mol. The molecule has 1 unspecified atom stereocenters. The lowest BCUT2D eigenvalue weighted by molar-refractivity contribution is -0.139. The molecule has 4 rings (SSSR count). The maximum absolute atomic E-state index is 12.7. The van der Waals surface area contributed by atoms with Gasteiger partial charge < -0.3 is 14.4 Å². The van der Waals surface area contributed by atoms with Crippen molar-refractivity contribution in [3.05, 3.63) is 59.4 Å². The SMILES string of the molecule is COc1cccc(Cc2cccc(C3CN(C(=O)CCN4CCC(C)=N4)CCO3)n2)c1. The molecule has 1 aromatic carbocycles. The lowest BCUT2D eigenvalue weighted by Crippen LogP contribution is -2.43. The first-order chi connectivity index (χ1) is 15.1. The fourth-order valence-corrected chi connectivity index (χ4v) is 4.00. The number of nitrogens with zero attached hydrogens (tertiary/aromatic N) is 4. The van der Waals surface area contributed by atoms with Gasteiger partial charge in [-0.2, -0.15) is 5.10 Å². The van der Waals surface area contributed by atoms with Gasteiger partial charge in [0, 0.05) is 50.3 Å². The zero-order chi connectivity index (χ0) is 21.6. The van der Waals surface area contributed by atoms with Crippen LogP contribution in [-0.2, 0) is 16.0 Å². The summed E-state index contributed by atoms with van der Waals surface area (Å²) in [5.74, 6) is 0.994. The van der Waals surface area contributed by atoms with Crippen LogP contribution >= 0.6 is 0 Å². The van der Waals surface area contributed by atoms with Crippen LogP contribution in [0.5, 0.6) is 5.75 Å². The number of hydrogen-bond donors (Lipinski definition) is 0. The van der Waals surface area contributed by atoms with Crippen LogP contribution in [-0.4, -0.2) is 66.4 Å². The number of rotatable bonds is 7. The average Bonchev–Trinajstić information content (AvgIpc) is 3.23. The molecule has 0 spiro atoms. The molecule has 7 heteroatoms. The van der Waals surface area contributed by atoms with Gasteiger partial charge in [-0.25, -0.2) is 0 Å². The minimum absolute atomic E-state index is 0.153. The summed E-state index contributed by atoms with van der Waals surface area (Å²) in [6, 6.07) is 14.0. The van der Waals surface area contributed by atoms with E-state index in [4.69, 9.17) is 14.5 Å². The van der Waals surface area contributed by atoms with Crippen molar-refractivity contribution in [3.8, 4) is 5.75 Å². The molecule has 0 aliphatic carbocycles. The molecule has 1 saturated heterocycles. The zero-order valence-electron chi connectivity index (χ0n) is 18.3. The van der Waals surface area contributed by atoms with E-state index in [-0.39, 0.29) is 12.0 Å². The lowest BCUT2D eigenvalue weighted by atomic mass is 10.1. The number of hydrazone groups is 1. The van der Waals surface area contributed by atoms with Gasteiger partial charge in [0.15, 0.2) is 0 Å². The predicted octanol–water partition coefficient (Wildman–Crippen LogP) is 3.05. The number of benzene rings is 1. The van der Waals surface area contributed by atoms with Crippen molar-refractivity contribution in [2.75, 3.05) is 39.9 Å².